The van der Waals surface area contributed by atoms with Gasteiger partial charge in [-0.2, -0.15) is 5.26 Å². The van der Waals surface area contributed by atoms with Crippen LogP contribution in [0.2, 0.25) is 0 Å². The van der Waals surface area contributed by atoms with E-state index in [-0.39, 0.29) is 64.6 Å². The first kappa shape index (κ1) is 13.9. The number of methoxy groups -OCH3 is 1. The zero-order valence-corrected chi connectivity index (χ0v) is 13.0. The van der Waals surface area contributed by atoms with E-state index in [2.05, 4.69) is 15.9 Å². The molecule has 0 amide bonds. The average Bonchev–Trinajstić information content (AvgIpc) is 2.18. The molecular weight excluding hydrogens is 254 g/mol. The molecule has 0 bridgehead atoms. The minimum Gasteiger partial charge on any atom is -0.475 e. The molecule has 0 unspecified atom stereocenters. The van der Waals surface area contributed by atoms with Crippen LogP contribution in [0.25, 0.3) is 0 Å². The molecule has 0 aliphatic carbocycles. The van der Waals surface area contributed by atoms with E-state index in [1.165, 1.54) is 19.2 Å². The summed E-state index contributed by atoms with van der Waals surface area (Å²) in [4.78, 5) is 14.8. The average molecular weight is 261 g/mol. The molecule has 0 spiro atoms. The van der Waals surface area contributed by atoms with E-state index in [0.29, 0.717) is 11.3 Å². The number of hydrogen-bond donors (Lipinski definition) is 0. The van der Waals surface area contributed by atoms with Gasteiger partial charge in [0.1, 0.15) is 0 Å². The van der Waals surface area contributed by atoms with E-state index >= 15 is 0 Å². The van der Waals surface area contributed by atoms with E-state index in [1.54, 1.807) is 0 Å². The summed E-state index contributed by atoms with van der Waals surface area (Å²) in [7, 11) is 1.30. The van der Waals surface area contributed by atoms with Crippen molar-refractivity contribution in [3.8, 4) is 6.07 Å². The summed E-state index contributed by atoms with van der Waals surface area (Å²) in [6, 6.07) is 4.88. The second kappa shape index (κ2) is 7.24. The maximum Gasteiger partial charge on any atom is 1.00 e. The number of rotatable bonds is 2. The fraction of sp³-hybridized carbons (Fsp3) is 0.222. The Morgan fingerprint density at radius 1 is 1.79 bits per heavy atom. The molecule has 0 aliphatic heterocycles. The number of carbonyl (C=O) groups is 1. The van der Waals surface area contributed by atoms with Gasteiger partial charge in [0.05, 0.1) is 13.2 Å². The second-order valence-corrected chi connectivity index (χ2v) is 2.30. The summed E-state index contributed by atoms with van der Waals surface area (Å²) in [5.74, 6) is -0.446. The first-order chi connectivity index (χ1) is 6.27. The monoisotopic (exact) mass is 260 g/mol. The van der Waals surface area contributed by atoms with E-state index < -0.39 is 5.97 Å². The van der Waals surface area contributed by atoms with Gasteiger partial charge in [-0.25, -0.2) is 0 Å². The maximum atomic E-state index is 11.0. The van der Waals surface area contributed by atoms with Crippen LogP contribution in [0.4, 0.5) is 0 Å². The van der Waals surface area contributed by atoms with Crippen LogP contribution in [0.3, 0.4) is 0 Å². The summed E-state index contributed by atoms with van der Waals surface area (Å²) in [5.41, 5.74) is 0.883. The van der Waals surface area contributed by atoms with Gasteiger partial charge in [0.25, 0.3) is 5.97 Å². The Kier molecular flexibility index (Phi) is 7.20. The summed E-state index contributed by atoms with van der Waals surface area (Å²) >= 11 is 0. The van der Waals surface area contributed by atoms with Crippen LogP contribution in [0.15, 0.2) is 12.1 Å². The molecule has 14 heavy (non-hydrogen) atoms. The third kappa shape index (κ3) is 3.97. The van der Waals surface area contributed by atoms with E-state index in [1.807, 2.05) is 6.07 Å². The van der Waals surface area contributed by atoms with Crippen LogP contribution in [0.5, 0.6) is 0 Å². The molecular formula is C9H7N2O2Rb. The zero-order chi connectivity index (χ0) is 9.68. The number of nitrogens with zero attached hydrogens (tertiary/aromatic N) is 2. The predicted octanol–water partition coefficient (Wildman–Crippen LogP) is -2.26. The van der Waals surface area contributed by atoms with Crippen molar-refractivity contribution in [3.05, 3.63) is 29.6 Å². The van der Waals surface area contributed by atoms with Gasteiger partial charge in [0.2, 0.25) is 0 Å². The quantitative estimate of drug-likeness (QED) is 0.445. The van der Waals surface area contributed by atoms with Crippen molar-refractivity contribution in [2.45, 2.75) is 6.42 Å². The van der Waals surface area contributed by atoms with Gasteiger partial charge in [0, 0.05) is 6.42 Å². The Labute approximate surface area is 131 Å². The minimum atomic E-state index is -0.446. The summed E-state index contributed by atoms with van der Waals surface area (Å²) in [6.45, 7) is 0. The van der Waals surface area contributed by atoms with Gasteiger partial charge in [-0.3, -0.25) is 4.79 Å². The Morgan fingerprint density at radius 3 is 3.07 bits per heavy atom. The molecule has 1 aromatic rings. The van der Waals surface area contributed by atoms with Gasteiger partial charge >= 0.3 is 58.2 Å². The Balaban J connectivity index is 0.00000169. The zero-order valence-electron chi connectivity index (χ0n) is 8.07. The number of nitriles is 1. The molecule has 0 saturated carbocycles. The Hall–Kier alpha value is -0.0848. The normalized spacial score (nSPS) is 8.29. The predicted molar refractivity (Wildman–Crippen MR) is 43.7 cm³/mol. The number of carbonyl (C=O) groups excluding carboxylic acids is 1. The molecule has 5 heteroatoms. The molecule has 1 heterocycles. The van der Waals surface area contributed by atoms with Crippen molar-refractivity contribution < 1.29 is 67.7 Å². The molecule has 0 atom stereocenters. The number of hydrogen-bond acceptors (Lipinski definition) is 4. The fourth-order valence-electron chi connectivity index (χ4n) is 0.845. The van der Waals surface area contributed by atoms with Crippen LogP contribution in [0.1, 0.15) is 16.1 Å². The molecule has 0 aromatic carbocycles. The number of pyridine rings is 1. The molecule has 0 N–H and O–H groups in total. The van der Waals surface area contributed by atoms with Crippen molar-refractivity contribution in [1.82, 2.24) is 4.98 Å². The first-order valence-electron chi connectivity index (χ1n) is 3.60. The number of aromatic nitrogens is 1. The van der Waals surface area contributed by atoms with Crippen molar-refractivity contribution >= 4 is 5.97 Å². The second-order valence-electron chi connectivity index (χ2n) is 2.30. The van der Waals surface area contributed by atoms with E-state index in [0.717, 1.165) is 0 Å². The molecule has 1 aromatic heterocycles. The number of esters is 1. The standard InChI is InChI=1S/C9H7N2O2.Rb/c1-13-9(12)7-3-5-11-8(6-7)2-4-10;/h3,6H,2H2,1H3;/q-1;+1. The third-order valence-electron chi connectivity index (χ3n) is 1.43. The SMILES string of the molecule is COC(=O)c1c[c-]nc(CC#N)c1.[Rb+]. The summed E-state index contributed by atoms with van der Waals surface area (Å²) in [6.07, 6.45) is 2.70. The smallest absolute Gasteiger partial charge is 0.475 e. The van der Waals surface area contributed by atoms with Crippen molar-refractivity contribution in [1.29, 1.82) is 5.26 Å². The van der Waals surface area contributed by atoms with Crippen LogP contribution < -0.4 is 58.2 Å². The van der Waals surface area contributed by atoms with Gasteiger partial charge < -0.3 is 9.72 Å². The molecule has 0 fully saturated rings. The van der Waals surface area contributed by atoms with Gasteiger partial charge in [0.15, 0.2) is 0 Å². The van der Waals surface area contributed by atoms with Gasteiger partial charge in [-0.1, -0.05) is 11.9 Å². The Bertz CT molecular complexity index is 360. The third-order valence-corrected chi connectivity index (χ3v) is 1.43. The van der Waals surface area contributed by atoms with Crippen LogP contribution >= 0.6 is 0 Å². The number of ether oxygens (including phenoxy) is 1. The molecule has 0 radical (unpaired) electrons. The van der Waals surface area contributed by atoms with Crippen LogP contribution in [-0.4, -0.2) is 18.1 Å². The molecule has 0 saturated heterocycles. The molecule has 66 valence electrons. The Morgan fingerprint density at radius 2 is 2.50 bits per heavy atom. The van der Waals surface area contributed by atoms with E-state index in [4.69, 9.17) is 5.26 Å². The topological polar surface area (TPSA) is 63.0 Å². The van der Waals surface area contributed by atoms with Crippen molar-refractivity contribution in [3.63, 3.8) is 0 Å². The van der Waals surface area contributed by atoms with Crippen molar-refractivity contribution in [2.24, 2.45) is 0 Å². The summed E-state index contributed by atoms with van der Waals surface area (Å²) in [5, 5.41) is 8.39. The van der Waals surface area contributed by atoms with Gasteiger partial charge in [-0.05, 0) is 5.56 Å². The van der Waals surface area contributed by atoms with Crippen LogP contribution in [-0.2, 0) is 11.2 Å². The first-order valence-corrected chi connectivity index (χ1v) is 3.60. The van der Waals surface area contributed by atoms with Crippen molar-refractivity contribution in [2.75, 3.05) is 7.11 Å². The molecule has 0 aliphatic rings. The van der Waals surface area contributed by atoms with Crippen LogP contribution in [0, 0.1) is 17.5 Å². The fourth-order valence-corrected chi connectivity index (χ4v) is 0.845. The minimum absolute atomic E-state index is 0. The van der Waals surface area contributed by atoms with Gasteiger partial charge in [-0.15, -0.1) is 12.1 Å². The molecule has 4 nitrogen and oxygen atoms in total. The largest absolute Gasteiger partial charge is 1.00 e. The summed E-state index contributed by atoms with van der Waals surface area (Å²) < 4.78 is 4.50. The maximum absolute atomic E-state index is 11.0. The molecule has 1 rings (SSSR count). The van der Waals surface area contributed by atoms with E-state index in [9.17, 15) is 4.79 Å².